The number of nitrogens with zero attached hydrogens (tertiary/aromatic N) is 17. The van der Waals surface area contributed by atoms with Crippen LogP contribution in [-0.4, -0.2) is 246 Å². The number of aliphatic imine (C=N–C) groups is 2. The van der Waals surface area contributed by atoms with E-state index in [0.29, 0.717) is 6.42 Å². The van der Waals surface area contributed by atoms with Crippen molar-refractivity contribution in [2.24, 2.45) is 33.7 Å². The third-order valence-corrected chi connectivity index (χ3v) is 33.4. The number of aromatic amines is 4. The first-order valence-electron chi connectivity index (χ1n) is 44.0. The molecule has 0 radical (unpaired) electrons. The molecule has 758 valence electrons. The van der Waals surface area contributed by atoms with Gasteiger partial charge < -0.3 is 114 Å². The summed E-state index contributed by atoms with van der Waals surface area (Å²) in [5.41, 5.74) is -5.07. The molecule has 0 spiro atoms. The highest BCUT2D eigenvalue weighted by Gasteiger charge is 2.55. The lowest BCUT2D eigenvalue weighted by Gasteiger charge is -2.34. The SMILES string of the molecule is [C-]#[N+]CCO[P+]([S-])(OC[C@H]1O[C@@H](n2cnc3c(=O)[nH]c(/N=C/C(C)C)nc32)C[C@H]1O[P+]([S-])(OCC[N+]#[C-])OC[C@H]1O[C@@H](n2cc(C)c(=O)[nH]c2=O)C[C@H]1O[P+]([S-])(OCC[N+]#[C-])OC[C@H]1O[C@@H](n2cnc3c(=O)[nH]c(/N=C/C(C)C)nc32)C[C@H]1O[P+]([S-])(OCC[N+]#[C-])OC[C@H]1O[C@@H](n2cc(C)c(=O)[nH]c2=O)C[C@H]1O[P+]([S-])(OCC[N+]#[C-])OC[C@H]1O[C@@H](n2ccc(NC(C)=O)nc2=O)C[C@H]1C(C)C)OC(C)C. The summed E-state index contributed by atoms with van der Waals surface area (Å²) < 4.78 is 138. The van der Waals surface area contributed by atoms with Crippen LogP contribution in [0.3, 0.4) is 0 Å². The minimum atomic E-state index is -4.45. The molecule has 1 amide bonds. The number of fused-ring (bicyclic) bond motifs is 2. The van der Waals surface area contributed by atoms with Crippen LogP contribution in [0, 0.1) is 70.4 Å². The summed E-state index contributed by atoms with van der Waals surface area (Å²) in [6.45, 7) is 52.1. The third kappa shape index (κ3) is 29.8. The van der Waals surface area contributed by atoms with Crippen LogP contribution in [-0.2, 0) is 158 Å². The van der Waals surface area contributed by atoms with Gasteiger partial charge in [0.1, 0.15) is 125 Å². The van der Waals surface area contributed by atoms with Crippen molar-refractivity contribution in [3.63, 3.8) is 0 Å². The number of rotatable bonds is 51. The fourth-order valence-corrected chi connectivity index (χ4v) is 25.6. The lowest BCUT2D eigenvalue weighted by molar-refractivity contribution is -0.114. The van der Waals surface area contributed by atoms with Gasteiger partial charge in [-0.1, -0.05) is 41.5 Å². The van der Waals surface area contributed by atoms with Gasteiger partial charge >= 0.3 is 17.1 Å². The van der Waals surface area contributed by atoms with Crippen molar-refractivity contribution in [1.82, 2.24) is 67.7 Å². The van der Waals surface area contributed by atoms with E-state index < -0.39 is 213 Å². The molecule has 0 bridgehead atoms. The van der Waals surface area contributed by atoms with Gasteiger partial charge in [0.2, 0.25) is 50.5 Å². The van der Waals surface area contributed by atoms with Gasteiger partial charge in [0.25, 0.3) is 58.0 Å². The molecular weight excluding hydrogens is 2030 g/mol. The zero-order valence-corrected chi connectivity index (χ0v) is 86.1. The van der Waals surface area contributed by atoms with Crippen LogP contribution in [0.25, 0.3) is 46.6 Å². The summed E-state index contributed by atoms with van der Waals surface area (Å²) in [4.78, 5) is 164. The monoisotopic (exact) mass is 2140 g/mol. The number of hydrogen-bond acceptors (Lipinski definition) is 40. The first kappa shape index (κ1) is 111. The number of imidazole rings is 2. The number of anilines is 1. The van der Waals surface area contributed by atoms with Crippen molar-refractivity contribution >= 4 is 155 Å². The van der Waals surface area contributed by atoms with Crippen LogP contribution < -0.4 is 44.6 Å². The van der Waals surface area contributed by atoms with E-state index >= 15 is 0 Å². The predicted molar refractivity (Wildman–Crippen MR) is 522 cm³/mol. The summed E-state index contributed by atoms with van der Waals surface area (Å²) in [5, 5.41) is 2.50. The zero-order valence-electron chi connectivity index (χ0n) is 77.5. The Kier molecular flexibility index (Phi) is 40.0. The second-order valence-corrected chi connectivity index (χ2v) is 48.2. The third-order valence-electron chi connectivity index (χ3n) is 21.3. The number of ether oxygens (including phenoxy) is 5. The molecule has 5 aliphatic heterocycles. The van der Waals surface area contributed by atoms with E-state index in [1.807, 2.05) is 41.5 Å². The minimum Gasteiger partial charge on any atom is -0.459 e. The van der Waals surface area contributed by atoms with Gasteiger partial charge in [0, 0.05) is 74.8 Å². The summed E-state index contributed by atoms with van der Waals surface area (Å²) in [5.74, 6) is -0.981. The Balaban J connectivity index is 0.865. The average Bonchev–Trinajstić information content (AvgIpc) is 1.63. The number of amides is 1. The number of aromatic nitrogens is 14. The molecule has 20 atom stereocenters. The second kappa shape index (κ2) is 50.4. The largest absolute Gasteiger partial charge is 0.459 e. The van der Waals surface area contributed by atoms with Crippen molar-refractivity contribution in [2.45, 2.75) is 200 Å². The molecule has 0 aromatic carbocycles. The fraction of sp³-hybridized carbons (Fsp3) is 0.625. The van der Waals surface area contributed by atoms with Crippen LogP contribution in [0.15, 0.2) is 80.9 Å². The van der Waals surface area contributed by atoms with E-state index in [1.165, 1.54) is 71.8 Å². The molecule has 5 unspecified atom stereocenters. The van der Waals surface area contributed by atoms with Gasteiger partial charge in [0.15, 0.2) is 55.4 Å². The van der Waals surface area contributed by atoms with E-state index in [0.717, 1.165) is 9.13 Å². The van der Waals surface area contributed by atoms with E-state index in [1.54, 1.807) is 26.3 Å². The molecule has 0 saturated carbocycles. The lowest BCUT2D eigenvalue weighted by atomic mass is 9.89. The minimum absolute atomic E-state index is 0.00859. The Hall–Kier alpha value is -7.70. The topological polar surface area (TPSA) is 532 Å². The van der Waals surface area contributed by atoms with Gasteiger partial charge in [0.05, 0.1) is 18.8 Å². The maximum atomic E-state index is 14.0. The second-order valence-electron chi connectivity index (χ2n) is 33.4. The normalized spacial score (nSPS) is 24.9. The Morgan fingerprint density at radius 2 is 0.793 bits per heavy atom. The highest BCUT2D eigenvalue weighted by molar-refractivity contribution is 8.37. The van der Waals surface area contributed by atoms with Crippen LogP contribution in [0.5, 0.6) is 0 Å². The van der Waals surface area contributed by atoms with Gasteiger partial charge in [-0.05, 0) is 63.9 Å². The van der Waals surface area contributed by atoms with Crippen molar-refractivity contribution in [3.8, 4) is 0 Å². The molecule has 0 aliphatic carbocycles. The molecule has 5 saturated heterocycles. The van der Waals surface area contributed by atoms with Crippen LogP contribution in [0.4, 0.5) is 17.7 Å². The van der Waals surface area contributed by atoms with Crippen molar-refractivity contribution in [2.75, 3.05) is 104 Å². The Labute approximate surface area is 830 Å². The number of nitrogens with one attached hydrogen (secondary N) is 5. The molecule has 5 aliphatic rings. The standard InChI is InChI=1S/C80H105N22O28P5S5/c1-45(2)34-86-76-92-70-68(74(106)94-76)88-43-101(70)66-32-55(60(124-66)39-117-131(136,126-48(7)8)111-24-18-81-12)129-134(139,114-27-21-84-15)119-41-59-54(31-65(123-59)100-37-50(10)73(105)97-80(100)110)128-133(138,113-26-20-83-14)120-42-61-56(33-67(125-61)102-44-89-69-71(102)93-77(95-75(69)107)87-35-46(3)4)130-135(140,115-28-22-85-16)118-40-58-53(30-64(122-58)99-36-49(9)72(104)96-79(99)109)127-132(137,112-25-19-82-13)116-38-57-52(47(5)6)29-63(121-57)98-23-17-62(90-51(11)103)91-78(98)108/h17,23,34-37,43-48,52-61,63-67H,18-22,24-33,38-42H2,1-11H3,(H,92,94,106)(H,93,95,107)(H,96,104,109)(H,97,105,110)(H,90,91,103,108)/b86-34+,87-35+/t52-,53+,54+,55+,56+,57+,58+,59+,60+,61+,63+,64+,65+,66+,67+,131?,132?,133?,134?,135?/m0/s1. The van der Waals surface area contributed by atoms with Crippen molar-refractivity contribution < 1.29 is 96.3 Å². The number of hydrogen-bond donors (Lipinski definition) is 5. The van der Waals surface area contributed by atoms with E-state index in [2.05, 4.69) is 84.4 Å². The summed E-state index contributed by atoms with van der Waals surface area (Å²) >= 11 is 31.1. The highest BCUT2D eigenvalue weighted by Crippen LogP contribution is 2.69. The molecular formula is C80H105N22O28P5S5. The quantitative estimate of drug-likeness (QED) is 0.00778. The molecule has 5 N–H and O–H groups in total. The molecule has 7 aromatic heterocycles. The van der Waals surface area contributed by atoms with Crippen LogP contribution in [0.1, 0.15) is 137 Å². The molecule has 5 fully saturated rings. The Morgan fingerprint density at radius 3 is 1.12 bits per heavy atom. The highest BCUT2D eigenvalue weighted by atomic mass is 32.7. The maximum Gasteiger partial charge on any atom is 0.351 e. The number of aryl methyl sites for hydroxylation is 2. The molecule has 50 nitrogen and oxygen atoms in total. The summed E-state index contributed by atoms with van der Waals surface area (Å²) in [6, 6.07) is 1.45. The van der Waals surface area contributed by atoms with Crippen LogP contribution in [0.2, 0.25) is 0 Å². The molecule has 140 heavy (non-hydrogen) atoms. The van der Waals surface area contributed by atoms with E-state index in [9.17, 15) is 38.4 Å². The van der Waals surface area contributed by atoms with Crippen LogP contribution >= 0.6 is 35.7 Å². The van der Waals surface area contributed by atoms with Crippen molar-refractivity contribution in [3.05, 3.63) is 178 Å². The number of carbonyl (C=O) groups is 1. The lowest BCUT2D eigenvalue weighted by Crippen LogP contribution is -2.34. The molecule has 7 aromatic rings. The number of H-pyrrole nitrogens is 4. The molecule has 12 heterocycles. The maximum absolute atomic E-state index is 14.0. The van der Waals surface area contributed by atoms with Gasteiger partial charge in [-0.2, -0.15) is 82.8 Å². The fourth-order valence-electron chi connectivity index (χ4n) is 14.8. The van der Waals surface area contributed by atoms with E-state index in [4.69, 9.17) is 186 Å². The Bertz CT molecular complexity index is 6230. The number of carbonyl (C=O) groups excluding carboxylic acids is 1. The first-order valence-corrected chi connectivity index (χ1v) is 56.8. The molecule has 12 rings (SSSR count). The predicted octanol–water partition coefficient (Wildman–Crippen LogP) is 9.46. The average molecular weight is 2140 g/mol. The smallest absolute Gasteiger partial charge is 0.351 e. The van der Waals surface area contributed by atoms with Crippen molar-refractivity contribution in [1.29, 1.82) is 0 Å². The van der Waals surface area contributed by atoms with E-state index in [-0.39, 0.29) is 160 Å². The summed E-state index contributed by atoms with van der Waals surface area (Å²) in [6.07, 6.45) is -8.40. The molecule has 60 heteroatoms. The first-order chi connectivity index (χ1) is 66.6. The summed E-state index contributed by atoms with van der Waals surface area (Å²) in [7, 11) is -21.0. The Morgan fingerprint density at radius 1 is 0.464 bits per heavy atom. The zero-order chi connectivity index (χ0) is 101. The van der Waals surface area contributed by atoms with Gasteiger partial charge in [-0.25, -0.2) is 67.2 Å². The van der Waals surface area contributed by atoms with Gasteiger partial charge in [-0.3, -0.25) is 66.7 Å². The van der Waals surface area contributed by atoms with Gasteiger partial charge in [-0.15, -0.1) is 0 Å².